The van der Waals surface area contributed by atoms with Crippen molar-refractivity contribution in [3.05, 3.63) is 76.4 Å². The third-order valence-electron chi connectivity index (χ3n) is 4.95. The van der Waals surface area contributed by atoms with E-state index in [0.29, 0.717) is 50.7 Å². The molecule has 1 unspecified atom stereocenters. The Morgan fingerprint density at radius 2 is 1.84 bits per heavy atom. The summed E-state index contributed by atoms with van der Waals surface area (Å²) in [5, 5.41) is 0.982. The molecular weight excluding hydrogens is 470 g/mol. The van der Waals surface area contributed by atoms with Gasteiger partial charge < -0.3 is 9.47 Å². The lowest BCUT2D eigenvalue weighted by molar-refractivity contribution is 0.297. The van der Waals surface area contributed by atoms with Gasteiger partial charge in [0.25, 0.3) is 0 Å². The molecule has 1 N–H and O–H groups in total. The molecule has 7 nitrogen and oxygen atoms in total. The first-order chi connectivity index (χ1) is 15.5. The third-order valence-corrected chi connectivity index (χ3v) is 7.76. The standard InChI is InChI=1S/C22H18ClN3O4S2/c23-16-6-2-1-5-15(16)20(22-25-17-7-3-10-24-21(17)31-22)26-32(27,28)14-8-9-18-19(13-14)30-12-4-11-29-18/h1-3,5-10,13,20,26H,4,11-12H2. The minimum atomic E-state index is -3.95. The molecule has 32 heavy (non-hydrogen) atoms. The van der Waals surface area contributed by atoms with Gasteiger partial charge in [0.2, 0.25) is 10.0 Å². The average molecular weight is 488 g/mol. The Morgan fingerprint density at radius 3 is 2.66 bits per heavy atom. The van der Waals surface area contributed by atoms with Crippen molar-refractivity contribution in [2.75, 3.05) is 13.2 Å². The summed E-state index contributed by atoms with van der Waals surface area (Å²) in [7, 11) is -3.95. The molecule has 164 valence electrons. The van der Waals surface area contributed by atoms with Crippen molar-refractivity contribution >= 4 is 43.3 Å². The van der Waals surface area contributed by atoms with E-state index in [0.717, 1.165) is 6.42 Å². The van der Waals surface area contributed by atoms with Gasteiger partial charge in [-0.15, -0.1) is 0 Å². The molecule has 0 aliphatic carbocycles. The fourth-order valence-electron chi connectivity index (χ4n) is 3.40. The van der Waals surface area contributed by atoms with E-state index < -0.39 is 16.1 Å². The van der Waals surface area contributed by atoms with E-state index in [4.69, 9.17) is 21.1 Å². The molecular formula is C22H18ClN3O4S2. The predicted molar refractivity (Wildman–Crippen MR) is 123 cm³/mol. The number of halogens is 1. The number of fused-ring (bicyclic) bond motifs is 2. The Morgan fingerprint density at radius 1 is 1.03 bits per heavy atom. The number of rotatable bonds is 5. The second kappa shape index (κ2) is 8.67. The number of aromatic nitrogens is 2. The van der Waals surface area contributed by atoms with Crippen molar-refractivity contribution in [1.82, 2.24) is 14.7 Å². The molecule has 1 aliphatic heterocycles. The second-order valence-electron chi connectivity index (χ2n) is 7.11. The zero-order chi connectivity index (χ0) is 22.1. The molecule has 0 saturated heterocycles. The molecule has 1 aliphatic rings. The number of ether oxygens (including phenoxy) is 2. The van der Waals surface area contributed by atoms with E-state index in [1.165, 1.54) is 23.5 Å². The smallest absolute Gasteiger partial charge is 0.241 e. The summed E-state index contributed by atoms with van der Waals surface area (Å²) < 4.78 is 40.8. The van der Waals surface area contributed by atoms with Crippen molar-refractivity contribution in [2.24, 2.45) is 0 Å². The highest BCUT2D eigenvalue weighted by molar-refractivity contribution is 7.89. The van der Waals surface area contributed by atoms with Gasteiger partial charge in [-0.3, -0.25) is 0 Å². The van der Waals surface area contributed by atoms with Crippen molar-refractivity contribution in [3.8, 4) is 11.5 Å². The number of nitrogens with zero attached hydrogens (tertiary/aromatic N) is 2. The maximum absolute atomic E-state index is 13.4. The highest BCUT2D eigenvalue weighted by atomic mass is 35.5. The minimum Gasteiger partial charge on any atom is -0.490 e. The molecule has 2 aromatic heterocycles. The van der Waals surface area contributed by atoms with Crippen LogP contribution in [0.2, 0.25) is 5.02 Å². The normalized spacial score (nSPS) is 14.8. The number of sulfonamides is 1. The highest BCUT2D eigenvalue weighted by Crippen LogP contribution is 2.36. The Balaban J connectivity index is 1.56. The maximum atomic E-state index is 13.4. The summed E-state index contributed by atoms with van der Waals surface area (Å²) in [6, 6.07) is 14.5. The van der Waals surface area contributed by atoms with E-state index in [9.17, 15) is 8.42 Å². The molecule has 0 saturated carbocycles. The predicted octanol–water partition coefficient (Wildman–Crippen LogP) is 4.57. The van der Waals surface area contributed by atoms with Crippen molar-refractivity contribution in [2.45, 2.75) is 17.4 Å². The summed E-state index contributed by atoms with van der Waals surface area (Å²) in [4.78, 5) is 9.73. The molecule has 10 heteroatoms. The lowest BCUT2D eigenvalue weighted by Gasteiger charge is -2.19. The zero-order valence-corrected chi connectivity index (χ0v) is 19.1. The number of thiazole rings is 1. The first kappa shape index (κ1) is 21.1. The van der Waals surface area contributed by atoms with Gasteiger partial charge >= 0.3 is 0 Å². The molecule has 0 amide bonds. The molecule has 5 rings (SSSR count). The van der Waals surface area contributed by atoms with Crippen LogP contribution in [-0.4, -0.2) is 31.6 Å². The number of benzene rings is 2. The van der Waals surface area contributed by atoms with Crippen molar-refractivity contribution in [1.29, 1.82) is 0 Å². The van der Waals surface area contributed by atoms with Crippen molar-refractivity contribution in [3.63, 3.8) is 0 Å². The van der Waals surface area contributed by atoms with E-state index in [-0.39, 0.29) is 4.90 Å². The summed E-state index contributed by atoms with van der Waals surface area (Å²) in [5.74, 6) is 0.935. The summed E-state index contributed by atoms with van der Waals surface area (Å²) in [6.45, 7) is 0.989. The number of hydrogen-bond donors (Lipinski definition) is 1. The van der Waals surface area contributed by atoms with Gasteiger partial charge in [-0.05, 0) is 35.9 Å². The lowest BCUT2D eigenvalue weighted by Crippen LogP contribution is -2.29. The summed E-state index contributed by atoms with van der Waals surface area (Å²) in [5.41, 5.74) is 1.30. The molecule has 0 bridgehead atoms. The average Bonchev–Trinajstić information content (AvgIpc) is 3.08. The Hall–Kier alpha value is -2.72. The van der Waals surface area contributed by atoms with Crippen LogP contribution in [0.1, 0.15) is 23.0 Å². The maximum Gasteiger partial charge on any atom is 0.241 e. The molecule has 0 fully saturated rings. The number of pyridine rings is 1. The third kappa shape index (κ3) is 4.16. The second-order valence-corrected chi connectivity index (χ2v) is 10.2. The minimum absolute atomic E-state index is 0.0676. The van der Waals surface area contributed by atoms with Crippen LogP contribution in [0, 0.1) is 0 Å². The van der Waals surface area contributed by atoms with Gasteiger partial charge in [0, 0.05) is 23.7 Å². The Kier molecular flexibility index (Phi) is 5.73. The van der Waals surface area contributed by atoms with Gasteiger partial charge in [0.05, 0.1) is 18.1 Å². The van der Waals surface area contributed by atoms with Crippen LogP contribution >= 0.6 is 22.9 Å². The van der Waals surface area contributed by atoms with Gasteiger partial charge in [0.15, 0.2) is 11.5 Å². The SMILES string of the molecule is O=S(=O)(NC(c1nc2cccnc2s1)c1ccccc1Cl)c1ccc2c(c1)OCCCO2. The fourth-order valence-corrected chi connectivity index (χ4v) is 5.89. The van der Waals surface area contributed by atoms with E-state index in [1.807, 2.05) is 12.1 Å². The monoisotopic (exact) mass is 487 g/mol. The van der Waals surface area contributed by atoms with E-state index >= 15 is 0 Å². The van der Waals surface area contributed by atoms with E-state index in [1.54, 1.807) is 36.5 Å². The van der Waals surface area contributed by atoms with Crippen LogP contribution in [0.15, 0.2) is 65.7 Å². The molecule has 0 spiro atoms. The fraction of sp³-hybridized carbons (Fsp3) is 0.182. The first-order valence-electron chi connectivity index (χ1n) is 9.89. The topological polar surface area (TPSA) is 90.4 Å². The van der Waals surface area contributed by atoms with Crippen LogP contribution in [0.3, 0.4) is 0 Å². The summed E-state index contributed by atoms with van der Waals surface area (Å²) >= 11 is 7.76. The van der Waals surface area contributed by atoms with Crippen LogP contribution < -0.4 is 14.2 Å². The van der Waals surface area contributed by atoms with Gasteiger partial charge in [-0.25, -0.2) is 18.4 Å². The lowest BCUT2D eigenvalue weighted by atomic mass is 10.1. The molecule has 0 radical (unpaired) electrons. The van der Waals surface area contributed by atoms with Crippen LogP contribution in [0.4, 0.5) is 0 Å². The molecule has 4 aromatic rings. The zero-order valence-electron chi connectivity index (χ0n) is 16.7. The Bertz CT molecular complexity index is 1360. The molecule has 2 aromatic carbocycles. The molecule has 3 heterocycles. The molecule has 1 atom stereocenters. The number of hydrogen-bond acceptors (Lipinski definition) is 7. The van der Waals surface area contributed by atoms with Gasteiger partial charge in [-0.1, -0.05) is 41.1 Å². The quantitative estimate of drug-likeness (QED) is 0.443. The largest absolute Gasteiger partial charge is 0.490 e. The Labute approximate surface area is 194 Å². The van der Waals surface area contributed by atoms with Gasteiger partial charge in [0.1, 0.15) is 21.4 Å². The first-order valence-corrected chi connectivity index (χ1v) is 12.6. The summed E-state index contributed by atoms with van der Waals surface area (Å²) in [6.07, 6.45) is 2.41. The van der Waals surface area contributed by atoms with Crippen molar-refractivity contribution < 1.29 is 17.9 Å². The van der Waals surface area contributed by atoms with Crippen LogP contribution in [0.5, 0.6) is 11.5 Å². The van der Waals surface area contributed by atoms with Crippen LogP contribution in [0.25, 0.3) is 10.3 Å². The van der Waals surface area contributed by atoms with Gasteiger partial charge in [-0.2, -0.15) is 4.72 Å². The number of nitrogens with one attached hydrogen (secondary N) is 1. The van der Waals surface area contributed by atoms with Crippen LogP contribution in [-0.2, 0) is 10.0 Å². The highest BCUT2D eigenvalue weighted by Gasteiger charge is 2.28. The van der Waals surface area contributed by atoms with E-state index in [2.05, 4.69) is 14.7 Å².